The number of ether oxygens (including phenoxy) is 1. The van der Waals surface area contributed by atoms with Crippen LogP contribution < -0.4 is 10.5 Å². The summed E-state index contributed by atoms with van der Waals surface area (Å²) in [4.78, 5) is 12.1. The fraction of sp³-hybridized carbons (Fsp3) is 0.125. The van der Waals surface area contributed by atoms with E-state index >= 15 is 0 Å². The van der Waals surface area contributed by atoms with Gasteiger partial charge in [0, 0.05) is 11.5 Å². The highest BCUT2D eigenvalue weighted by Gasteiger charge is 2.28. The molecule has 1 amide bonds. The summed E-state index contributed by atoms with van der Waals surface area (Å²) < 4.78 is 28.6. The number of primary sulfonamides is 1. The minimum Gasteiger partial charge on any atom is -0.449 e. The number of benzene rings is 3. The van der Waals surface area contributed by atoms with Crippen LogP contribution in [0.1, 0.15) is 22.6 Å². The lowest BCUT2D eigenvalue weighted by atomic mass is 9.98. The van der Waals surface area contributed by atoms with Crippen molar-refractivity contribution in [1.29, 1.82) is 0 Å². The number of nitrogens with two attached hydrogens (primary N) is 1. The highest BCUT2D eigenvalue weighted by atomic mass is 32.2. The summed E-state index contributed by atoms with van der Waals surface area (Å²) >= 11 is 0. The molecule has 31 heavy (non-hydrogen) atoms. The van der Waals surface area contributed by atoms with Crippen LogP contribution in [0.3, 0.4) is 0 Å². The van der Waals surface area contributed by atoms with Crippen LogP contribution in [0.15, 0.2) is 77.7 Å². The Balaban J connectivity index is 1.37. The van der Waals surface area contributed by atoms with E-state index in [2.05, 4.69) is 41.4 Å². The number of carbonyl (C=O) groups is 1. The molecule has 0 aliphatic heterocycles. The molecule has 4 rings (SSSR count). The van der Waals surface area contributed by atoms with Gasteiger partial charge in [0.2, 0.25) is 10.0 Å². The molecule has 0 bridgehead atoms. The fourth-order valence-electron chi connectivity index (χ4n) is 3.72. The summed E-state index contributed by atoms with van der Waals surface area (Å²) in [6.45, 7) is 0.219. The highest BCUT2D eigenvalue weighted by molar-refractivity contribution is 7.89. The van der Waals surface area contributed by atoms with E-state index in [1.54, 1.807) is 18.2 Å². The smallest absolute Gasteiger partial charge is 0.407 e. The topological polar surface area (TPSA) is 98.5 Å². The Labute approximate surface area is 181 Å². The van der Waals surface area contributed by atoms with Crippen molar-refractivity contribution in [3.63, 3.8) is 0 Å². The van der Waals surface area contributed by atoms with Crippen molar-refractivity contribution in [3.05, 3.63) is 89.5 Å². The zero-order valence-corrected chi connectivity index (χ0v) is 17.4. The second-order valence-electron chi connectivity index (χ2n) is 7.02. The molecule has 0 saturated carbocycles. The zero-order chi connectivity index (χ0) is 21.8. The first-order chi connectivity index (χ1) is 14.9. The van der Waals surface area contributed by atoms with E-state index in [4.69, 9.17) is 9.88 Å². The SMILES string of the molecule is NS(=O)(=O)c1ccccc1C#CCNC(=O)OCC1c2ccccc2-c2ccccc21. The van der Waals surface area contributed by atoms with Crippen molar-refractivity contribution < 1.29 is 17.9 Å². The summed E-state index contributed by atoms with van der Waals surface area (Å²) in [5.74, 6) is 5.42. The lowest BCUT2D eigenvalue weighted by Gasteiger charge is -2.14. The number of hydrogen-bond acceptors (Lipinski definition) is 4. The van der Waals surface area contributed by atoms with Crippen LogP contribution in [0.25, 0.3) is 11.1 Å². The van der Waals surface area contributed by atoms with E-state index in [0.29, 0.717) is 0 Å². The molecule has 3 N–H and O–H groups in total. The molecule has 156 valence electrons. The maximum Gasteiger partial charge on any atom is 0.407 e. The Kier molecular flexibility index (Phi) is 5.76. The second-order valence-corrected chi connectivity index (χ2v) is 8.55. The summed E-state index contributed by atoms with van der Waals surface area (Å²) in [6.07, 6.45) is -0.587. The van der Waals surface area contributed by atoms with Gasteiger partial charge in [-0.15, -0.1) is 0 Å². The van der Waals surface area contributed by atoms with Crippen LogP contribution >= 0.6 is 0 Å². The van der Waals surface area contributed by atoms with Gasteiger partial charge in [-0.2, -0.15) is 0 Å². The quantitative estimate of drug-likeness (QED) is 0.619. The Hall–Kier alpha value is -3.60. The summed E-state index contributed by atoms with van der Waals surface area (Å²) in [5.41, 5.74) is 4.86. The average molecular weight is 433 g/mol. The van der Waals surface area contributed by atoms with E-state index in [-0.39, 0.29) is 29.5 Å². The summed E-state index contributed by atoms with van der Waals surface area (Å²) in [7, 11) is -3.87. The molecule has 0 saturated heterocycles. The third kappa shape index (κ3) is 4.45. The van der Waals surface area contributed by atoms with Crippen LogP contribution in [0, 0.1) is 11.8 Å². The number of fused-ring (bicyclic) bond motifs is 3. The fourth-order valence-corrected chi connectivity index (χ4v) is 4.42. The van der Waals surface area contributed by atoms with Crippen LogP contribution in [-0.4, -0.2) is 27.7 Å². The van der Waals surface area contributed by atoms with Gasteiger partial charge in [-0.1, -0.05) is 72.5 Å². The minimum absolute atomic E-state index is 0.00955. The van der Waals surface area contributed by atoms with Crippen LogP contribution in [0.5, 0.6) is 0 Å². The second kappa shape index (κ2) is 8.64. The van der Waals surface area contributed by atoms with Gasteiger partial charge in [0.05, 0.1) is 11.4 Å². The third-order valence-corrected chi connectivity index (χ3v) is 6.05. The number of amides is 1. The van der Waals surface area contributed by atoms with Gasteiger partial charge in [0.15, 0.2) is 0 Å². The predicted octanol–water partition coefficient (Wildman–Crippen LogP) is 3.22. The van der Waals surface area contributed by atoms with Crippen molar-refractivity contribution >= 4 is 16.1 Å². The number of sulfonamides is 1. The van der Waals surface area contributed by atoms with Gasteiger partial charge in [0.25, 0.3) is 0 Å². The Bertz CT molecular complexity index is 1260. The van der Waals surface area contributed by atoms with Crippen molar-refractivity contribution in [2.75, 3.05) is 13.2 Å². The maximum atomic E-state index is 12.1. The lowest BCUT2D eigenvalue weighted by molar-refractivity contribution is 0.144. The molecule has 0 fully saturated rings. The van der Waals surface area contributed by atoms with Crippen molar-refractivity contribution in [3.8, 4) is 23.0 Å². The molecule has 6 nitrogen and oxygen atoms in total. The number of alkyl carbamates (subject to hydrolysis) is 1. The number of hydrogen-bond donors (Lipinski definition) is 2. The molecule has 0 radical (unpaired) electrons. The number of rotatable bonds is 4. The zero-order valence-electron chi connectivity index (χ0n) is 16.5. The molecule has 1 aliphatic carbocycles. The number of nitrogens with one attached hydrogen (secondary N) is 1. The van der Waals surface area contributed by atoms with E-state index in [9.17, 15) is 13.2 Å². The molecular weight excluding hydrogens is 412 g/mol. The average Bonchev–Trinajstić information content (AvgIpc) is 3.09. The van der Waals surface area contributed by atoms with Crippen molar-refractivity contribution in [2.24, 2.45) is 5.14 Å². The first-order valence-corrected chi connectivity index (χ1v) is 11.2. The van der Waals surface area contributed by atoms with Crippen LogP contribution in [0.2, 0.25) is 0 Å². The monoisotopic (exact) mass is 432 g/mol. The van der Waals surface area contributed by atoms with Gasteiger partial charge < -0.3 is 10.1 Å². The molecule has 0 unspecified atom stereocenters. The summed E-state index contributed by atoms with van der Waals surface area (Å²) in [5, 5.41) is 7.76. The van der Waals surface area contributed by atoms with Crippen LogP contribution in [-0.2, 0) is 14.8 Å². The molecule has 1 aliphatic rings. The van der Waals surface area contributed by atoms with Crippen molar-refractivity contribution in [2.45, 2.75) is 10.8 Å². The molecule has 0 spiro atoms. The molecular formula is C24H20N2O4S. The normalized spacial score (nSPS) is 12.3. The third-order valence-electron chi connectivity index (χ3n) is 5.08. The van der Waals surface area contributed by atoms with Gasteiger partial charge in [-0.25, -0.2) is 18.4 Å². The van der Waals surface area contributed by atoms with E-state index in [0.717, 1.165) is 22.3 Å². The van der Waals surface area contributed by atoms with Crippen LogP contribution in [0.4, 0.5) is 4.79 Å². The molecule has 3 aromatic rings. The van der Waals surface area contributed by atoms with E-state index < -0.39 is 16.1 Å². The first-order valence-electron chi connectivity index (χ1n) is 9.64. The highest BCUT2D eigenvalue weighted by Crippen LogP contribution is 2.44. The molecule has 7 heteroatoms. The summed E-state index contributed by atoms with van der Waals surface area (Å²) in [6, 6.07) is 22.4. The van der Waals surface area contributed by atoms with Gasteiger partial charge in [-0.05, 0) is 34.4 Å². The molecule has 3 aromatic carbocycles. The molecule has 0 heterocycles. The maximum absolute atomic E-state index is 12.1. The molecule has 0 aromatic heterocycles. The first kappa shape index (κ1) is 20.7. The Morgan fingerprint density at radius 3 is 2.16 bits per heavy atom. The Morgan fingerprint density at radius 1 is 0.935 bits per heavy atom. The van der Waals surface area contributed by atoms with E-state index in [1.165, 1.54) is 6.07 Å². The Morgan fingerprint density at radius 2 is 1.52 bits per heavy atom. The van der Waals surface area contributed by atoms with E-state index in [1.807, 2.05) is 24.3 Å². The number of carbonyl (C=O) groups excluding carboxylic acids is 1. The predicted molar refractivity (Wildman–Crippen MR) is 118 cm³/mol. The van der Waals surface area contributed by atoms with Gasteiger partial charge in [0.1, 0.15) is 6.61 Å². The van der Waals surface area contributed by atoms with Gasteiger partial charge in [-0.3, -0.25) is 0 Å². The van der Waals surface area contributed by atoms with Gasteiger partial charge >= 0.3 is 6.09 Å². The minimum atomic E-state index is -3.87. The largest absolute Gasteiger partial charge is 0.449 e. The lowest BCUT2D eigenvalue weighted by Crippen LogP contribution is -2.26. The standard InChI is InChI=1S/C24H20N2O4S/c25-31(28,29)23-14-6-1-8-17(23)9-7-15-26-24(27)30-16-22-20-12-4-2-10-18(20)19-11-3-5-13-21(19)22/h1-6,8,10-14,22H,15-16H2,(H,26,27)(H2,25,28,29). The van der Waals surface area contributed by atoms with Crippen molar-refractivity contribution in [1.82, 2.24) is 5.32 Å². The molecule has 0 atom stereocenters.